The van der Waals surface area contributed by atoms with E-state index in [0.29, 0.717) is 13.0 Å². The number of guanidine groups is 1. The summed E-state index contributed by atoms with van der Waals surface area (Å²) in [4.78, 5) is 50.5. The van der Waals surface area contributed by atoms with Crippen LogP contribution < -0.4 is 27.4 Å². The Labute approximate surface area is 155 Å². The molecule has 2 amide bonds. The highest BCUT2D eigenvalue weighted by atomic mass is 16.4. The normalized spacial score (nSPS) is 18.1. The van der Waals surface area contributed by atoms with Crippen LogP contribution in [0.5, 0.6) is 0 Å². The molecule has 12 heteroatoms. The lowest BCUT2D eigenvalue weighted by Crippen LogP contribution is -2.55. The molecule has 1 heterocycles. The van der Waals surface area contributed by atoms with Gasteiger partial charge in [0.2, 0.25) is 11.8 Å². The maximum absolute atomic E-state index is 12.3. The van der Waals surface area contributed by atoms with Crippen molar-refractivity contribution in [2.75, 3.05) is 13.1 Å². The quantitative estimate of drug-likeness (QED) is 0.112. The maximum atomic E-state index is 12.3. The molecule has 152 valence electrons. The van der Waals surface area contributed by atoms with Gasteiger partial charge in [0, 0.05) is 6.54 Å². The molecule has 1 fully saturated rings. The molecule has 3 atom stereocenters. The van der Waals surface area contributed by atoms with Gasteiger partial charge in [-0.2, -0.15) is 0 Å². The van der Waals surface area contributed by atoms with Gasteiger partial charge in [-0.3, -0.25) is 19.4 Å². The molecule has 0 spiro atoms. The monoisotopic (exact) mass is 386 g/mol. The first-order chi connectivity index (χ1) is 12.7. The van der Waals surface area contributed by atoms with Crippen molar-refractivity contribution in [3.8, 4) is 0 Å². The second-order valence-electron chi connectivity index (χ2n) is 6.16. The summed E-state index contributed by atoms with van der Waals surface area (Å²) in [6.07, 6.45) is 1.04. The van der Waals surface area contributed by atoms with E-state index in [1.165, 1.54) is 0 Å². The molecular formula is C15H26N6O6. The summed E-state index contributed by atoms with van der Waals surface area (Å²) in [7, 11) is 0. The van der Waals surface area contributed by atoms with Gasteiger partial charge in [-0.15, -0.1) is 0 Å². The lowest BCUT2D eigenvalue weighted by atomic mass is 10.1. The summed E-state index contributed by atoms with van der Waals surface area (Å²) in [6, 6.07) is -3.13. The average molecular weight is 386 g/mol. The van der Waals surface area contributed by atoms with Gasteiger partial charge in [-0.25, -0.2) is 4.79 Å². The molecule has 0 aromatic carbocycles. The number of amides is 2. The largest absolute Gasteiger partial charge is 0.481 e. The molecule has 0 saturated carbocycles. The Balaban J connectivity index is 2.67. The molecule has 1 aliphatic heterocycles. The van der Waals surface area contributed by atoms with Crippen molar-refractivity contribution < 1.29 is 29.4 Å². The highest BCUT2D eigenvalue weighted by Gasteiger charge is 2.31. The number of carbonyl (C=O) groups is 4. The van der Waals surface area contributed by atoms with E-state index < -0.39 is 48.3 Å². The van der Waals surface area contributed by atoms with Crippen LogP contribution in [-0.4, -0.2) is 71.1 Å². The molecule has 1 saturated heterocycles. The number of rotatable bonds is 11. The number of carboxylic acids is 2. The maximum Gasteiger partial charge on any atom is 0.326 e. The molecule has 1 aliphatic rings. The zero-order valence-corrected chi connectivity index (χ0v) is 14.8. The van der Waals surface area contributed by atoms with Crippen molar-refractivity contribution >= 4 is 29.7 Å². The Bertz CT molecular complexity index is 585. The van der Waals surface area contributed by atoms with Gasteiger partial charge in [0.25, 0.3) is 0 Å². The van der Waals surface area contributed by atoms with Crippen LogP contribution in [-0.2, 0) is 19.2 Å². The summed E-state index contributed by atoms with van der Waals surface area (Å²) >= 11 is 0. The predicted octanol–water partition coefficient (Wildman–Crippen LogP) is -2.68. The highest BCUT2D eigenvalue weighted by Crippen LogP contribution is 2.06. The van der Waals surface area contributed by atoms with Crippen molar-refractivity contribution in [2.24, 2.45) is 16.5 Å². The molecular weight excluding hydrogens is 360 g/mol. The average Bonchev–Trinajstić information content (AvgIpc) is 3.10. The van der Waals surface area contributed by atoms with Gasteiger partial charge < -0.3 is 37.6 Å². The van der Waals surface area contributed by atoms with Crippen molar-refractivity contribution in [2.45, 2.75) is 50.2 Å². The summed E-state index contributed by atoms with van der Waals surface area (Å²) in [5, 5.41) is 25.8. The number of nitrogens with two attached hydrogens (primary N) is 2. The van der Waals surface area contributed by atoms with Crippen LogP contribution in [0.1, 0.15) is 32.1 Å². The molecule has 0 aromatic rings. The number of carboxylic acid groups (broad SMARTS) is 2. The van der Waals surface area contributed by atoms with Crippen molar-refractivity contribution in [3.05, 3.63) is 0 Å². The fraction of sp³-hybridized carbons (Fsp3) is 0.667. The third kappa shape index (κ3) is 8.35. The lowest BCUT2D eigenvalue weighted by Gasteiger charge is -2.21. The zero-order valence-electron chi connectivity index (χ0n) is 14.8. The molecule has 0 radical (unpaired) electrons. The van der Waals surface area contributed by atoms with Crippen LogP contribution in [0.3, 0.4) is 0 Å². The van der Waals surface area contributed by atoms with Gasteiger partial charge in [-0.05, 0) is 32.2 Å². The minimum absolute atomic E-state index is 0.0375. The minimum atomic E-state index is -1.38. The van der Waals surface area contributed by atoms with Gasteiger partial charge in [0.1, 0.15) is 12.1 Å². The Morgan fingerprint density at radius 3 is 2.37 bits per heavy atom. The van der Waals surface area contributed by atoms with Crippen LogP contribution in [0.2, 0.25) is 0 Å². The van der Waals surface area contributed by atoms with E-state index >= 15 is 0 Å². The van der Waals surface area contributed by atoms with Crippen molar-refractivity contribution in [1.29, 1.82) is 0 Å². The molecule has 0 aromatic heterocycles. The summed E-state index contributed by atoms with van der Waals surface area (Å²) < 4.78 is 0. The molecule has 9 N–H and O–H groups in total. The molecule has 3 unspecified atom stereocenters. The SMILES string of the molecule is NC(N)=NCCCC(NC(=O)C(CC(=O)O)NC(=O)C1CCCN1)C(=O)O. The first-order valence-corrected chi connectivity index (χ1v) is 8.54. The number of aliphatic carboxylic acids is 2. The number of nitrogens with zero attached hydrogens (tertiary/aromatic N) is 1. The Hall–Kier alpha value is -2.89. The number of hydrogen-bond acceptors (Lipinski definition) is 6. The third-order valence-corrected chi connectivity index (χ3v) is 3.95. The topological polar surface area (TPSA) is 209 Å². The zero-order chi connectivity index (χ0) is 20.4. The van der Waals surface area contributed by atoms with Crippen molar-refractivity contribution in [3.63, 3.8) is 0 Å². The van der Waals surface area contributed by atoms with Gasteiger partial charge >= 0.3 is 11.9 Å². The van der Waals surface area contributed by atoms with Crippen LogP contribution in [0.4, 0.5) is 0 Å². The van der Waals surface area contributed by atoms with Gasteiger partial charge in [0.15, 0.2) is 5.96 Å². The van der Waals surface area contributed by atoms with Crippen molar-refractivity contribution in [1.82, 2.24) is 16.0 Å². The number of aliphatic imine (C=N–C) groups is 1. The van der Waals surface area contributed by atoms with Gasteiger partial charge in [0.05, 0.1) is 12.5 Å². The van der Waals surface area contributed by atoms with E-state index in [1.54, 1.807) is 0 Å². The van der Waals surface area contributed by atoms with E-state index in [0.717, 1.165) is 6.42 Å². The number of hydrogen-bond donors (Lipinski definition) is 7. The Morgan fingerprint density at radius 1 is 1.15 bits per heavy atom. The smallest absolute Gasteiger partial charge is 0.326 e. The first-order valence-electron chi connectivity index (χ1n) is 8.54. The molecule has 0 bridgehead atoms. The molecule has 12 nitrogen and oxygen atoms in total. The van der Waals surface area contributed by atoms with E-state index in [2.05, 4.69) is 20.9 Å². The van der Waals surface area contributed by atoms with E-state index in [9.17, 15) is 24.3 Å². The number of nitrogens with one attached hydrogen (secondary N) is 3. The van der Waals surface area contributed by atoms with Crippen LogP contribution in [0.25, 0.3) is 0 Å². The first kappa shape index (κ1) is 22.2. The van der Waals surface area contributed by atoms with Crippen LogP contribution >= 0.6 is 0 Å². The summed E-state index contributed by atoms with van der Waals surface area (Å²) in [5.74, 6) is -4.08. The second-order valence-corrected chi connectivity index (χ2v) is 6.16. The molecule has 0 aliphatic carbocycles. The van der Waals surface area contributed by atoms with Crippen LogP contribution in [0.15, 0.2) is 4.99 Å². The molecule has 1 rings (SSSR count). The van der Waals surface area contributed by atoms with E-state index in [-0.39, 0.29) is 25.3 Å². The van der Waals surface area contributed by atoms with E-state index in [1.807, 2.05) is 0 Å². The summed E-state index contributed by atoms with van der Waals surface area (Å²) in [6.45, 7) is 0.843. The van der Waals surface area contributed by atoms with E-state index in [4.69, 9.17) is 16.6 Å². The minimum Gasteiger partial charge on any atom is -0.481 e. The third-order valence-electron chi connectivity index (χ3n) is 3.95. The summed E-state index contributed by atoms with van der Waals surface area (Å²) in [5.41, 5.74) is 10.3. The molecule has 27 heavy (non-hydrogen) atoms. The second kappa shape index (κ2) is 11.0. The highest BCUT2D eigenvalue weighted by molar-refractivity contribution is 5.94. The lowest BCUT2D eigenvalue weighted by molar-refractivity contribution is -0.143. The predicted molar refractivity (Wildman–Crippen MR) is 94.7 cm³/mol. The fourth-order valence-corrected chi connectivity index (χ4v) is 2.60. The van der Waals surface area contributed by atoms with Gasteiger partial charge in [-0.1, -0.05) is 0 Å². The van der Waals surface area contributed by atoms with Crippen LogP contribution in [0, 0.1) is 0 Å². The Morgan fingerprint density at radius 2 is 1.85 bits per heavy atom. The Kier molecular flexibility index (Phi) is 8.99. The fourth-order valence-electron chi connectivity index (χ4n) is 2.60. The standard InChI is InChI=1S/C15H26N6O6/c16-15(17)19-6-2-4-9(14(26)27)20-13(25)10(7-11(22)23)21-12(24)8-3-1-5-18-8/h8-10,18H,1-7H2,(H,20,25)(H,21,24)(H,22,23)(H,26,27)(H4,16,17,19). The number of carbonyl (C=O) groups excluding carboxylic acids is 2.